The Morgan fingerprint density at radius 3 is 2.40 bits per heavy atom. The standard InChI is InChI=1S/C23H21F3N2O2/c24-23(25,26)16-8-13-21(27-14-16)30-18-11-9-17(10-12-18)28-22(29)20-7-3-5-15-4-1-2-6-19(15)20/h1-8,13-14,17-18H,9-12H2,(H,28,29). The molecule has 0 spiro atoms. The van der Waals surface area contributed by atoms with Gasteiger partial charge in [-0.3, -0.25) is 4.79 Å². The summed E-state index contributed by atoms with van der Waals surface area (Å²) in [6.45, 7) is 0. The fourth-order valence-corrected chi connectivity index (χ4v) is 3.80. The van der Waals surface area contributed by atoms with E-state index < -0.39 is 11.7 Å². The molecule has 1 heterocycles. The predicted molar refractivity (Wildman–Crippen MR) is 107 cm³/mol. The zero-order chi connectivity index (χ0) is 21.1. The van der Waals surface area contributed by atoms with Crippen LogP contribution in [0.2, 0.25) is 0 Å². The van der Waals surface area contributed by atoms with Crippen LogP contribution < -0.4 is 10.1 Å². The van der Waals surface area contributed by atoms with E-state index in [1.165, 1.54) is 6.07 Å². The van der Waals surface area contributed by atoms with E-state index in [2.05, 4.69) is 10.3 Å². The van der Waals surface area contributed by atoms with Crippen LogP contribution in [0.4, 0.5) is 13.2 Å². The van der Waals surface area contributed by atoms with Gasteiger partial charge in [0.1, 0.15) is 6.10 Å². The van der Waals surface area contributed by atoms with Crippen molar-refractivity contribution in [2.45, 2.75) is 44.0 Å². The Bertz CT molecular complexity index is 1020. The first-order valence-corrected chi connectivity index (χ1v) is 9.89. The highest BCUT2D eigenvalue weighted by Gasteiger charge is 2.31. The van der Waals surface area contributed by atoms with Crippen LogP contribution in [0.15, 0.2) is 60.8 Å². The summed E-state index contributed by atoms with van der Waals surface area (Å²) in [6.07, 6.45) is -0.882. The van der Waals surface area contributed by atoms with E-state index in [0.717, 1.165) is 35.9 Å². The van der Waals surface area contributed by atoms with Gasteiger partial charge in [-0.2, -0.15) is 13.2 Å². The maximum Gasteiger partial charge on any atom is 0.417 e. The van der Waals surface area contributed by atoms with Crippen molar-refractivity contribution in [3.05, 3.63) is 71.9 Å². The van der Waals surface area contributed by atoms with Crippen LogP contribution in [0.1, 0.15) is 41.6 Å². The van der Waals surface area contributed by atoms with Gasteiger partial charge in [0.25, 0.3) is 5.91 Å². The average molecular weight is 414 g/mol. The third kappa shape index (κ3) is 4.56. The molecule has 0 unspecified atom stereocenters. The number of rotatable bonds is 4. The number of hydrogen-bond acceptors (Lipinski definition) is 3. The van der Waals surface area contributed by atoms with E-state index >= 15 is 0 Å². The number of benzene rings is 2. The minimum Gasteiger partial charge on any atom is -0.474 e. The third-order valence-electron chi connectivity index (χ3n) is 5.39. The molecule has 3 aromatic rings. The molecular formula is C23H21F3N2O2. The van der Waals surface area contributed by atoms with E-state index in [1.807, 2.05) is 42.5 Å². The fraction of sp³-hybridized carbons (Fsp3) is 0.304. The van der Waals surface area contributed by atoms with Crippen molar-refractivity contribution in [1.82, 2.24) is 10.3 Å². The van der Waals surface area contributed by atoms with Crippen LogP contribution in [0.3, 0.4) is 0 Å². The van der Waals surface area contributed by atoms with Gasteiger partial charge < -0.3 is 10.1 Å². The van der Waals surface area contributed by atoms with E-state index in [9.17, 15) is 18.0 Å². The largest absolute Gasteiger partial charge is 0.474 e. The Labute approximate surface area is 172 Å². The van der Waals surface area contributed by atoms with Crippen molar-refractivity contribution in [3.63, 3.8) is 0 Å². The van der Waals surface area contributed by atoms with Gasteiger partial charge in [0.2, 0.25) is 5.88 Å². The highest BCUT2D eigenvalue weighted by molar-refractivity contribution is 6.07. The molecule has 1 aromatic heterocycles. The van der Waals surface area contributed by atoms with Crippen LogP contribution >= 0.6 is 0 Å². The number of nitrogens with one attached hydrogen (secondary N) is 1. The first-order valence-electron chi connectivity index (χ1n) is 9.89. The molecule has 0 aliphatic heterocycles. The number of ether oxygens (including phenoxy) is 1. The molecule has 156 valence electrons. The minimum atomic E-state index is -4.41. The van der Waals surface area contributed by atoms with Crippen molar-refractivity contribution >= 4 is 16.7 Å². The first kappa shape index (κ1) is 20.2. The summed E-state index contributed by atoms with van der Waals surface area (Å²) in [5.74, 6) is 0.0896. The molecule has 1 aliphatic carbocycles. The minimum absolute atomic E-state index is 0.0388. The molecule has 4 nitrogen and oxygen atoms in total. The Hall–Kier alpha value is -3.09. The predicted octanol–water partition coefficient (Wildman–Crippen LogP) is 5.37. The third-order valence-corrected chi connectivity index (χ3v) is 5.39. The molecule has 1 aliphatic rings. The number of halogens is 3. The molecule has 0 atom stereocenters. The van der Waals surface area contributed by atoms with E-state index in [-0.39, 0.29) is 23.9 Å². The summed E-state index contributed by atoms with van der Waals surface area (Å²) < 4.78 is 43.6. The highest BCUT2D eigenvalue weighted by atomic mass is 19.4. The number of carbonyl (C=O) groups is 1. The van der Waals surface area contributed by atoms with Gasteiger partial charge in [0.15, 0.2) is 0 Å². The summed E-state index contributed by atoms with van der Waals surface area (Å²) in [6, 6.07) is 15.7. The number of hydrogen-bond donors (Lipinski definition) is 1. The zero-order valence-corrected chi connectivity index (χ0v) is 16.2. The quantitative estimate of drug-likeness (QED) is 0.624. The molecule has 0 saturated heterocycles. The van der Waals surface area contributed by atoms with Gasteiger partial charge in [-0.05, 0) is 48.6 Å². The Morgan fingerprint density at radius 1 is 0.967 bits per heavy atom. The van der Waals surface area contributed by atoms with Crippen LogP contribution in [0.5, 0.6) is 5.88 Å². The maximum absolute atomic E-state index is 12.8. The molecule has 4 rings (SSSR count). The normalized spacial score (nSPS) is 19.4. The number of alkyl halides is 3. The smallest absolute Gasteiger partial charge is 0.417 e. The average Bonchev–Trinajstić information content (AvgIpc) is 2.74. The van der Waals surface area contributed by atoms with Crippen molar-refractivity contribution in [2.24, 2.45) is 0 Å². The van der Waals surface area contributed by atoms with Gasteiger partial charge in [-0.1, -0.05) is 36.4 Å². The van der Waals surface area contributed by atoms with Crippen molar-refractivity contribution in [1.29, 1.82) is 0 Å². The first-order chi connectivity index (χ1) is 14.4. The van der Waals surface area contributed by atoms with Gasteiger partial charge in [-0.25, -0.2) is 4.98 Å². The summed E-state index contributed by atoms with van der Waals surface area (Å²) in [7, 11) is 0. The summed E-state index contributed by atoms with van der Waals surface area (Å²) >= 11 is 0. The molecule has 2 aromatic carbocycles. The molecule has 1 N–H and O–H groups in total. The van der Waals surface area contributed by atoms with Crippen molar-refractivity contribution in [3.8, 4) is 5.88 Å². The SMILES string of the molecule is O=C(NC1CCC(Oc2ccc(C(F)(F)F)cn2)CC1)c1cccc2ccccc12. The second-order valence-corrected chi connectivity index (χ2v) is 7.47. The van der Waals surface area contributed by atoms with Crippen LogP contribution in [0, 0.1) is 0 Å². The van der Waals surface area contributed by atoms with Crippen molar-refractivity contribution in [2.75, 3.05) is 0 Å². The van der Waals surface area contributed by atoms with E-state index in [0.29, 0.717) is 18.4 Å². The lowest BCUT2D eigenvalue weighted by atomic mass is 9.92. The second-order valence-electron chi connectivity index (χ2n) is 7.47. The molecule has 30 heavy (non-hydrogen) atoms. The maximum atomic E-state index is 12.8. The number of nitrogens with zero attached hydrogens (tertiary/aromatic N) is 1. The molecule has 1 saturated carbocycles. The Morgan fingerprint density at radius 2 is 1.70 bits per heavy atom. The number of aromatic nitrogens is 1. The second kappa shape index (κ2) is 8.34. The molecular weight excluding hydrogens is 393 g/mol. The van der Waals surface area contributed by atoms with Crippen LogP contribution in [-0.2, 0) is 6.18 Å². The van der Waals surface area contributed by atoms with E-state index in [1.54, 1.807) is 0 Å². The number of amides is 1. The molecule has 0 radical (unpaired) electrons. The Balaban J connectivity index is 1.32. The number of pyridine rings is 1. The Kier molecular flexibility index (Phi) is 5.61. The lowest BCUT2D eigenvalue weighted by molar-refractivity contribution is -0.137. The molecule has 7 heteroatoms. The lowest BCUT2D eigenvalue weighted by Crippen LogP contribution is -2.39. The van der Waals surface area contributed by atoms with Gasteiger partial charge in [0, 0.05) is 23.9 Å². The van der Waals surface area contributed by atoms with Crippen LogP contribution in [-0.4, -0.2) is 23.0 Å². The number of fused-ring (bicyclic) bond motifs is 1. The van der Waals surface area contributed by atoms with Gasteiger partial charge in [-0.15, -0.1) is 0 Å². The summed E-state index contributed by atoms with van der Waals surface area (Å²) in [5, 5.41) is 5.04. The molecule has 1 fully saturated rings. The fourth-order valence-electron chi connectivity index (χ4n) is 3.80. The summed E-state index contributed by atoms with van der Waals surface area (Å²) in [4.78, 5) is 16.5. The van der Waals surface area contributed by atoms with Gasteiger partial charge in [0.05, 0.1) is 5.56 Å². The van der Waals surface area contributed by atoms with E-state index in [4.69, 9.17) is 4.74 Å². The van der Waals surface area contributed by atoms with Crippen molar-refractivity contribution < 1.29 is 22.7 Å². The van der Waals surface area contributed by atoms with Gasteiger partial charge >= 0.3 is 6.18 Å². The zero-order valence-electron chi connectivity index (χ0n) is 16.2. The highest BCUT2D eigenvalue weighted by Crippen LogP contribution is 2.30. The van der Waals surface area contributed by atoms with Crippen LogP contribution in [0.25, 0.3) is 10.8 Å². The topological polar surface area (TPSA) is 51.2 Å². The molecule has 1 amide bonds. The lowest BCUT2D eigenvalue weighted by Gasteiger charge is -2.29. The summed E-state index contributed by atoms with van der Waals surface area (Å²) in [5.41, 5.74) is -0.143. The number of carbonyl (C=O) groups excluding carboxylic acids is 1. The molecule has 0 bridgehead atoms. The monoisotopic (exact) mass is 414 g/mol.